The fourth-order valence-electron chi connectivity index (χ4n) is 3.11. The van der Waals surface area contributed by atoms with Gasteiger partial charge in [-0.1, -0.05) is 64.7 Å². The van der Waals surface area contributed by atoms with Crippen LogP contribution in [0.3, 0.4) is 0 Å². The quantitative estimate of drug-likeness (QED) is 0.226. The summed E-state index contributed by atoms with van der Waals surface area (Å²) in [4.78, 5) is 0. The Kier molecular flexibility index (Phi) is 18.7. The van der Waals surface area contributed by atoms with Crippen LogP contribution in [-0.2, 0) is 10.1 Å². The van der Waals surface area contributed by atoms with Crippen molar-refractivity contribution in [2.45, 2.75) is 98.8 Å². The molecule has 0 saturated heterocycles. The van der Waals surface area contributed by atoms with Gasteiger partial charge in [0.15, 0.2) is 0 Å². The molecule has 0 spiro atoms. The molecule has 25 heavy (non-hydrogen) atoms. The van der Waals surface area contributed by atoms with Crippen LogP contribution < -0.4 is 0 Å². The molecule has 0 aromatic heterocycles. The van der Waals surface area contributed by atoms with Crippen LogP contribution in [0.4, 0.5) is 0 Å². The molecular weight excluding hydrogens is 334 g/mol. The summed E-state index contributed by atoms with van der Waals surface area (Å²) in [5.74, 6) is -0.0799. The highest BCUT2D eigenvalue weighted by Gasteiger charge is 2.16. The normalized spacial score (nSPS) is 11.9. The second kappa shape index (κ2) is 17.3. The first-order chi connectivity index (χ1) is 11.8. The number of nitrogens with zero attached hydrogens (tertiary/aromatic N) is 1. The van der Waals surface area contributed by atoms with E-state index in [0.717, 1.165) is 12.8 Å². The molecule has 0 atom stereocenters. The van der Waals surface area contributed by atoms with Crippen molar-refractivity contribution in [3.63, 3.8) is 0 Å². The number of hydrogen-bond donors (Lipinski definition) is 1. The first-order valence-electron chi connectivity index (χ1n) is 10.6. The van der Waals surface area contributed by atoms with E-state index in [-0.39, 0.29) is 5.75 Å². The van der Waals surface area contributed by atoms with Crippen molar-refractivity contribution in [1.82, 2.24) is 0 Å². The first kappa shape index (κ1) is 27.1. The minimum Gasteiger partial charge on any atom is -0.325 e. The van der Waals surface area contributed by atoms with Gasteiger partial charge in [-0.15, -0.1) is 0 Å². The lowest BCUT2D eigenvalue weighted by atomic mass is 10.1. The Morgan fingerprint density at radius 3 is 1.16 bits per heavy atom. The van der Waals surface area contributed by atoms with Crippen molar-refractivity contribution >= 4 is 10.1 Å². The van der Waals surface area contributed by atoms with E-state index in [4.69, 9.17) is 4.55 Å². The maximum atomic E-state index is 10.4. The number of rotatable bonds is 15. The summed E-state index contributed by atoms with van der Waals surface area (Å²) < 4.78 is 30.6. The van der Waals surface area contributed by atoms with E-state index in [1.165, 1.54) is 75.6 Å². The van der Waals surface area contributed by atoms with Crippen molar-refractivity contribution in [2.75, 3.05) is 31.9 Å². The molecule has 1 N–H and O–H groups in total. The molecule has 0 fully saturated rings. The van der Waals surface area contributed by atoms with Gasteiger partial charge >= 0.3 is 0 Å². The average molecular weight is 381 g/mol. The molecule has 0 aromatic rings. The Hall–Kier alpha value is -0.130. The van der Waals surface area contributed by atoms with E-state index >= 15 is 0 Å². The Morgan fingerprint density at radius 1 is 0.600 bits per heavy atom. The van der Waals surface area contributed by atoms with Gasteiger partial charge in [-0.2, -0.15) is 8.42 Å². The third kappa shape index (κ3) is 18.5. The monoisotopic (exact) mass is 380 g/mol. The van der Waals surface area contributed by atoms with Crippen LogP contribution in [0.25, 0.3) is 0 Å². The Bertz CT molecular complexity index is 348. The molecule has 0 aliphatic heterocycles. The van der Waals surface area contributed by atoms with Crippen LogP contribution in [-0.4, -0.2) is 49.4 Å². The van der Waals surface area contributed by atoms with E-state index in [2.05, 4.69) is 34.6 Å². The van der Waals surface area contributed by atoms with E-state index in [0.29, 0.717) is 6.42 Å². The highest BCUT2D eigenvalue weighted by atomic mass is 32.2. The number of quaternary nitrogens is 1. The largest absolute Gasteiger partial charge is 0.325 e. The second-order valence-electron chi connectivity index (χ2n) is 7.07. The summed E-state index contributed by atoms with van der Waals surface area (Å²) in [5, 5.41) is 0. The number of unbranched alkanes of at least 4 members (excludes halogenated alkanes) is 9. The van der Waals surface area contributed by atoms with Crippen molar-refractivity contribution in [1.29, 1.82) is 0 Å². The van der Waals surface area contributed by atoms with Gasteiger partial charge in [-0.25, -0.2) is 0 Å². The highest BCUT2D eigenvalue weighted by molar-refractivity contribution is 7.85. The Morgan fingerprint density at radius 2 is 0.920 bits per heavy atom. The SMILES string of the molecule is CCCCCCCCCCCCS(=O)(=O)O.CC[N+](CC)(CC)CC. The molecule has 0 amide bonds. The molecule has 0 radical (unpaired) electrons. The van der Waals surface area contributed by atoms with Gasteiger partial charge in [0.25, 0.3) is 10.1 Å². The van der Waals surface area contributed by atoms with Crippen molar-refractivity contribution in [3.05, 3.63) is 0 Å². The minimum absolute atomic E-state index is 0.0799. The minimum atomic E-state index is -3.73. The van der Waals surface area contributed by atoms with E-state index in [1.54, 1.807) is 0 Å². The van der Waals surface area contributed by atoms with Crippen LogP contribution in [0, 0.1) is 0 Å². The molecule has 5 heteroatoms. The molecule has 0 unspecified atom stereocenters. The summed E-state index contributed by atoms with van der Waals surface area (Å²) in [7, 11) is -3.73. The van der Waals surface area contributed by atoms with Gasteiger partial charge in [-0.3, -0.25) is 4.55 Å². The lowest BCUT2D eigenvalue weighted by Crippen LogP contribution is -2.47. The predicted molar refractivity (Wildman–Crippen MR) is 111 cm³/mol. The molecule has 0 rings (SSSR count). The fraction of sp³-hybridized carbons (Fsp3) is 1.00. The summed E-state index contributed by atoms with van der Waals surface area (Å²) in [6, 6.07) is 0. The standard InChI is InChI=1S/C12H26O3S.C8H20N/c1-2-3-4-5-6-7-8-9-10-11-12-16(13,14)15;1-5-9(6-2,7-3)8-4/h2-12H2,1H3,(H,13,14,15);5-8H2,1-4H3/q;+1. The molecule has 0 saturated carbocycles. The van der Waals surface area contributed by atoms with E-state index in [9.17, 15) is 8.42 Å². The van der Waals surface area contributed by atoms with Gasteiger partial charge in [0.05, 0.1) is 31.9 Å². The summed E-state index contributed by atoms with van der Waals surface area (Å²) in [6.07, 6.45) is 11.7. The Labute approximate surface area is 158 Å². The lowest BCUT2D eigenvalue weighted by Gasteiger charge is -2.34. The number of hydrogen-bond acceptors (Lipinski definition) is 2. The maximum absolute atomic E-state index is 10.4. The summed E-state index contributed by atoms with van der Waals surface area (Å²) in [6.45, 7) is 16.4. The third-order valence-electron chi connectivity index (χ3n) is 5.44. The molecule has 154 valence electrons. The molecule has 0 aromatic carbocycles. The molecular formula is C20H46NO3S+. The van der Waals surface area contributed by atoms with Crippen LogP contribution in [0.1, 0.15) is 98.8 Å². The summed E-state index contributed by atoms with van der Waals surface area (Å²) in [5.41, 5.74) is 0. The zero-order chi connectivity index (χ0) is 19.6. The van der Waals surface area contributed by atoms with Crippen LogP contribution in [0.15, 0.2) is 0 Å². The van der Waals surface area contributed by atoms with Crippen LogP contribution in [0.2, 0.25) is 0 Å². The predicted octanol–water partition coefficient (Wildman–Crippen LogP) is 5.68. The van der Waals surface area contributed by atoms with E-state index < -0.39 is 10.1 Å². The van der Waals surface area contributed by atoms with Crippen molar-refractivity contribution in [2.24, 2.45) is 0 Å². The Balaban J connectivity index is 0. The van der Waals surface area contributed by atoms with Gasteiger partial charge in [0.1, 0.15) is 0 Å². The zero-order valence-corrected chi connectivity index (χ0v) is 18.5. The maximum Gasteiger partial charge on any atom is 0.264 e. The van der Waals surface area contributed by atoms with Crippen molar-refractivity contribution < 1.29 is 17.5 Å². The van der Waals surface area contributed by atoms with Crippen LogP contribution in [0.5, 0.6) is 0 Å². The fourth-order valence-corrected chi connectivity index (χ4v) is 3.68. The molecule has 0 aliphatic carbocycles. The first-order valence-corrected chi connectivity index (χ1v) is 12.2. The average Bonchev–Trinajstić information content (AvgIpc) is 2.59. The lowest BCUT2D eigenvalue weighted by molar-refractivity contribution is -0.921. The molecule has 0 bridgehead atoms. The van der Waals surface area contributed by atoms with E-state index in [1.807, 2.05) is 0 Å². The van der Waals surface area contributed by atoms with Gasteiger partial charge in [0.2, 0.25) is 0 Å². The van der Waals surface area contributed by atoms with Gasteiger partial charge < -0.3 is 4.48 Å². The topological polar surface area (TPSA) is 54.4 Å². The third-order valence-corrected chi connectivity index (χ3v) is 6.24. The van der Waals surface area contributed by atoms with Crippen LogP contribution >= 0.6 is 0 Å². The van der Waals surface area contributed by atoms with Gasteiger partial charge in [-0.05, 0) is 34.1 Å². The highest BCUT2D eigenvalue weighted by Crippen LogP contribution is 2.10. The van der Waals surface area contributed by atoms with Gasteiger partial charge in [0, 0.05) is 0 Å². The second-order valence-corrected chi connectivity index (χ2v) is 8.65. The molecule has 0 heterocycles. The van der Waals surface area contributed by atoms with Crippen molar-refractivity contribution in [3.8, 4) is 0 Å². The molecule has 0 aliphatic rings. The smallest absolute Gasteiger partial charge is 0.264 e. The summed E-state index contributed by atoms with van der Waals surface area (Å²) >= 11 is 0. The zero-order valence-electron chi connectivity index (χ0n) is 17.7. The molecule has 4 nitrogen and oxygen atoms in total.